The van der Waals surface area contributed by atoms with Gasteiger partial charge in [-0.1, -0.05) is 84.9 Å². The number of methoxy groups -OCH3 is 1. The molecule has 0 radical (unpaired) electrons. The van der Waals surface area contributed by atoms with Crippen molar-refractivity contribution in [3.8, 4) is 23.0 Å². The van der Waals surface area contributed by atoms with E-state index in [9.17, 15) is 64.2 Å². The van der Waals surface area contributed by atoms with Gasteiger partial charge in [-0.05, 0) is 102 Å². The number of phenolic OH excluding ortho intramolecular Hbond substituents is 3. The molecule has 3 amide bonds. The van der Waals surface area contributed by atoms with Gasteiger partial charge in [0, 0.05) is 130 Å². The number of primary amides is 1. The summed E-state index contributed by atoms with van der Waals surface area (Å²) in [6.45, 7) is 25.4. The lowest BCUT2D eigenvalue weighted by atomic mass is 9.65. The molecule has 0 spiro atoms. The minimum atomic E-state index is -2.04. The zero-order valence-corrected chi connectivity index (χ0v) is 64.3. The molecule has 29 nitrogen and oxygen atoms in total. The van der Waals surface area contributed by atoms with Crippen molar-refractivity contribution in [3.05, 3.63) is 131 Å². The Bertz CT molecular complexity index is 4050. The highest BCUT2D eigenvalue weighted by atomic mass is 16.7. The van der Waals surface area contributed by atoms with Crippen LogP contribution in [-0.2, 0) is 42.9 Å². The average molecular weight is 1500 g/mol. The molecule has 5 bridgehead atoms. The summed E-state index contributed by atoms with van der Waals surface area (Å²) in [5.41, 5.74) is 8.03. The van der Waals surface area contributed by atoms with E-state index in [0.29, 0.717) is 42.8 Å². The first-order valence-electron chi connectivity index (χ1n) is 36.5. The van der Waals surface area contributed by atoms with E-state index in [0.717, 1.165) is 38.8 Å². The fraction of sp³-hybridized carbons (Fsp3) is 0.532. The third-order valence-electron chi connectivity index (χ3n) is 21.1. The van der Waals surface area contributed by atoms with Crippen LogP contribution >= 0.6 is 0 Å². The molecule has 0 saturated carbocycles. The van der Waals surface area contributed by atoms with Gasteiger partial charge in [0.15, 0.2) is 5.75 Å². The number of amides is 3. The van der Waals surface area contributed by atoms with E-state index in [4.69, 9.17) is 40.0 Å². The first kappa shape index (κ1) is 85.6. The quantitative estimate of drug-likeness (QED) is 0.00933. The van der Waals surface area contributed by atoms with Crippen molar-refractivity contribution >= 4 is 64.1 Å². The largest absolute Gasteiger partial charge is 0.507 e. The number of nitrogens with zero attached hydrogens (tertiary/aromatic N) is 6. The fourth-order valence-electron chi connectivity index (χ4n) is 14.0. The van der Waals surface area contributed by atoms with Gasteiger partial charge in [-0.25, -0.2) is 10.8 Å². The maximum Gasteiger partial charge on any atom is 0.312 e. The maximum absolute atomic E-state index is 14.4. The number of phenols is 3. The van der Waals surface area contributed by atoms with Gasteiger partial charge in [0.05, 0.1) is 77.1 Å². The summed E-state index contributed by atoms with van der Waals surface area (Å²) in [6, 6.07) is 3.17. The van der Waals surface area contributed by atoms with Gasteiger partial charge < -0.3 is 75.0 Å². The lowest BCUT2D eigenvalue weighted by Gasteiger charge is -2.44. The molecule has 5 aliphatic heterocycles. The van der Waals surface area contributed by atoms with E-state index >= 15 is 0 Å². The molecular formula is C79H108N10O19. The number of fused-ring (bicyclic) bond motifs is 15. The molecule has 29 heteroatoms. The number of aliphatic hydroxyl groups excluding tert-OH is 3. The second-order valence-corrected chi connectivity index (χ2v) is 29.5. The second kappa shape index (κ2) is 37.9. The molecule has 2 saturated heterocycles. The molecule has 4 aromatic rings. The zero-order valence-electron chi connectivity index (χ0n) is 64.3. The van der Waals surface area contributed by atoms with Gasteiger partial charge >= 0.3 is 23.7 Å². The Kier molecular flexibility index (Phi) is 30.1. The predicted molar refractivity (Wildman–Crippen MR) is 402 cm³/mol. The average Bonchev–Trinajstić information content (AvgIpc) is 1.48. The van der Waals surface area contributed by atoms with Crippen LogP contribution in [0.3, 0.4) is 0 Å². The van der Waals surface area contributed by atoms with Crippen LogP contribution in [0, 0.1) is 59.7 Å². The lowest BCUT2D eigenvalue weighted by Crippen LogP contribution is -2.46. The van der Waals surface area contributed by atoms with E-state index in [2.05, 4.69) is 62.3 Å². The van der Waals surface area contributed by atoms with Crippen molar-refractivity contribution in [2.24, 2.45) is 69.4 Å². The number of nitrogens with two attached hydrogens (primary N) is 2. The molecule has 2 aromatic carbocycles. The molecular weight excluding hydrogens is 1390 g/mol. The van der Waals surface area contributed by atoms with Gasteiger partial charge in [-0.15, -0.1) is 0 Å². The van der Waals surface area contributed by atoms with E-state index in [1.54, 1.807) is 57.0 Å². The molecule has 12 N–H and O–H groups in total. The summed E-state index contributed by atoms with van der Waals surface area (Å²) < 4.78 is 35.2. The van der Waals surface area contributed by atoms with Crippen molar-refractivity contribution in [2.75, 3.05) is 45.7 Å². The van der Waals surface area contributed by atoms with Crippen LogP contribution in [0.4, 0.5) is 5.69 Å². The van der Waals surface area contributed by atoms with Crippen LogP contribution in [0.2, 0.25) is 0 Å². The summed E-state index contributed by atoms with van der Waals surface area (Å²) in [5.74, 6) is -3.54. The Morgan fingerprint density at radius 2 is 1.54 bits per heavy atom. The number of hydrazone groups is 1. The first-order valence-corrected chi connectivity index (χ1v) is 36.5. The summed E-state index contributed by atoms with van der Waals surface area (Å²) in [6.07, 6.45) is 21.8. The smallest absolute Gasteiger partial charge is 0.312 e. The monoisotopic (exact) mass is 1500 g/mol. The van der Waals surface area contributed by atoms with E-state index in [1.165, 1.54) is 96.0 Å². The van der Waals surface area contributed by atoms with Crippen LogP contribution < -0.4 is 27.1 Å². The number of aromatic nitrogens is 3. The van der Waals surface area contributed by atoms with Crippen molar-refractivity contribution in [3.63, 3.8) is 0 Å². The first-order chi connectivity index (χ1) is 51.0. The zero-order chi connectivity index (χ0) is 79.8. The standard InChI is InChI=1S/C43H58N4O12.C25H38O5.C6H7N3O.C5H5N3O/c1-21-12-11-13-22(2)42(55)45-33-28(20-44-47-17-15-46(9)16-18-47)37(52)30-31(38(33)53)36(51)26(6)40-32(30)41(54)43(8,59-40)57-19-14-29(56-10)23(3)39(58-27(7)48)25(5)35(50)24(4)34(21)49;1-6-25(4,5)24(28)30-21-12-15(2)11-17-8-7-16(3)20(23(17)21)10-9-19-13-18(26)14-22(27)29-19;7-9-6(10)5-1-3-8-4-2-5;6-5(9)4-3-7-1-2-8-4/h11-14,19-21,23-25,29,34-35,39,49-53H,15-18H2,1-10H3,(H,45,55);7-8,11,15-16,18-21,23,26H,6,9-10,12-14H2,1-5H3;1-4H,7H2,(H,9,10);1-3H,(H2,6,9)/b12-11+,19-14+,22-13-,44-20+;;;/t21-,23+,24+,25+,29-,34-,35+,39+,43-;15-,16-,18+,19+,20-,21-,23-;;/m00../s1. The van der Waals surface area contributed by atoms with Gasteiger partial charge in [-0.2, -0.15) is 5.10 Å². The number of likely N-dealkylation sites (N-methyl/N-ethyl adjacent to an activating group) is 1. The van der Waals surface area contributed by atoms with Crippen LogP contribution in [0.5, 0.6) is 23.0 Å². The summed E-state index contributed by atoms with van der Waals surface area (Å²) >= 11 is 0. The Balaban J connectivity index is 0.000000269. The number of hydrogen-bond acceptors (Lipinski definition) is 26. The molecule has 2 aliphatic carbocycles. The predicted octanol–water partition coefficient (Wildman–Crippen LogP) is 8.18. The molecule has 108 heavy (non-hydrogen) atoms. The Morgan fingerprint density at radius 3 is 2.14 bits per heavy atom. The van der Waals surface area contributed by atoms with Gasteiger partial charge in [0.25, 0.3) is 23.5 Å². The molecule has 2 aromatic heterocycles. The normalized spacial score (nSPS) is 29.2. The number of hydrazine groups is 1. The van der Waals surface area contributed by atoms with Crippen LogP contribution in [0.1, 0.15) is 164 Å². The SMILES string of the molecule is CCC(C)(C)C(=O)O[C@H]1C[C@@H](C)C=C2C=C[C@H](C)[C@H](CC[C@@H]3C[C@@H](O)CC(=O)O3)[C@H]21.CO[C@H]1/C=C/O[C@@]2(C)Oc3c(C)c(O)c4c(O)c(c(/C=N/N5CCN(C)CC5)c(O)c4c3C2=O)NC(=O)/C(C)=C\C=C\[C@H](C)[C@H](O)[C@@H](C)[C@@H](O)[C@@H](C)[C@H](OC(C)=O)[C@@H]1C.NC(=O)c1cnccn1.NNC(=O)c1ccncc1. The van der Waals surface area contributed by atoms with Crippen LogP contribution in [0.15, 0.2) is 108 Å². The number of Topliss-reactive ketones (excluding diaryl/α,β-unsaturated/α-hetero) is 1. The Hall–Kier alpha value is -9.65. The third kappa shape index (κ3) is 21.0. The van der Waals surface area contributed by atoms with Gasteiger partial charge in [-0.3, -0.25) is 54.0 Å². The lowest BCUT2D eigenvalue weighted by molar-refractivity contribution is -0.166. The van der Waals surface area contributed by atoms with Gasteiger partial charge in [0.1, 0.15) is 41.3 Å². The highest BCUT2D eigenvalue weighted by Crippen LogP contribution is 2.55. The second-order valence-electron chi connectivity index (χ2n) is 29.5. The number of esters is 3. The number of nitrogen functional groups attached to an aromatic ring is 1. The molecule has 11 rings (SSSR count). The van der Waals surface area contributed by atoms with Crippen molar-refractivity contribution < 1.29 is 92.6 Å². The Morgan fingerprint density at radius 1 is 0.852 bits per heavy atom. The number of anilines is 1. The number of cyclic esters (lactones) is 1. The number of ketones is 1. The number of benzene rings is 2. The molecule has 0 unspecified atom stereocenters. The van der Waals surface area contributed by atoms with E-state index in [-0.39, 0.29) is 92.6 Å². The molecule has 2 fully saturated rings. The topological polar surface area (TPSA) is 430 Å². The fourth-order valence-corrected chi connectivity index (χ4v) is 14.0. The minimum Gasteiger partial charge on any atom is -0.507 e. The van der Waals surface area contributed by atoms with Crippen LogP contribution in [0.25, 0.3) is 10.8 Å². The number of piperazine rings is 1. The number of allylic oxidation sites excluding steroid dienone is 5. The highest BCUT2D eigenvalue weighted by molar-refractivity contribution is 6.24. The van der Waals surface area contributed by atoms with Crippen molar-refractivity contribution in [1.82, 2.24) is 30.3 Å². The molecule has 588 valence electrons. The number of nitrogens with one attached hydrogen (secondary N) is 2. The maximum atomic E-state index is 14.4. The number of carbonyl (C=O) groups excluding carboxylic acids is 7. The number of ether oxygens (including phenoxy) is 6. The van der Waals surface area contributed by atoms with Gasteiger partial charge in [0.2, 0.25) is 0 Å². The van der Waals surface area contributed by atoms with Crippen molar-refractivity contribution in [2.45, 2.75) is 177 Å². The number of carbonyl (C=O) groups is 7. The van der Waals surface area contributed by atoms with E-state index < -0.39 is 106 Å². The summed E-state index contributed by atoms with van der Waals surface area (Å²) in [4.78, 5) is 99.3. The number of hydrogen-bond donors (Lipinski definition) is 10. The summed E-state index contributed by atoms with van der Waals surface area (Å²) in [5, 5.41) is 76.8. The van der Waals surface area contributed by atoms with Crippen LogP contribution in [-0.4, -0.2) is 192 Å². The summed E-state index contributed by atoms with van der Waals surface area (Å²) in [7, 11) is 3.42. The molecule has 7 heterocycles. The van der Waals surface area contributed by atoms with Crippen molar-refractivity contribution in [1.29, 1.82) is 0 Å². The highest BCUT2D eigenvalue weighted by Gasteiger charge is 2.50. The minimum absolute atomic E-state index is 0.0559. The Labute approximate surface area is 630 Å². The van der Waals surface area contributed by atoms with E-state index in [1.807, 2.05) is 33.2 Å². The number of aromatic hydroxyl groups is 3. The third-order valence-corrected chi connectivity index (χ3v) is 21.1. The number of pyridine rings is 1. The number of aliphatic hydroxyl groups is 3. The molecule has 16 atom stereocenters. The molecule has 7 aliphatic rings. The number of rotatable bonds is 12.